The number of carbonyl (C=O) groups excluding carboxylic acids is 3. The third kappa shape index (κ3) is 1.43. The fraction of sp³-hybridized carbons (Fsp3) is 0.727. The first-order valence-corrected chi connectivity index (χ1v) is 5.67. The highest BCUT2D eigenvalue weighted by Gasteiger charge is 2.61. The van der Waals surface area contributed by atoms with Crippen LogP contribution in [0.5, 0.6) is 0 Å². The van der Waals surface area contributed by atoms with Gasteiger partial charge in [-0.15, -0.1) is 0 Å². The van der Waals surface area contributed by atoms with E-state index in [4.69, 9.17) is 14.2 Å². The van der Waals surface area contributed by atoms with E-state index in [1.165, 1.54) is 0 Å². The van der Waals surface area contributed by atoms with Crippen molar-refractivity contribution in [3.05, 3.63) is 0 Å². The zero-order valence-corrected chi connectivity index (χ0v) is 9.51. The van der Waals surface area contributed by atoms with Gasteiger partial charge in [0.15, 0.2) is 5.60 Å². The van der Waals surface area contributed by atoms with Gasteiger partial charge in [0.25, 0.3) is 0 Å². The van der Waals surface area contributed by atoms with Crippen LogP contribution in [0.2, 0.25) is 0 Å². The molecule has 0 spiro atoms. The maximum atomic E-state index is 11.8. The van der Waals surface area contributed by atoms with Gasteiger partial charge in [0.05, 0.1) is 17.8 Å². The average Bonchev–Trinajstić information content (AvgIpc) is 2.39. The van der Waals surface area contributed by atoms with E-state index in [2.05, 4.69) is 0 Å². The van der Waals surface area contributed by atoms with Crippen LogP contribution in [-0.4, -0.2) is 48.4 Å². The zero-order chi connectivity index (χ0) is 13.0. The van der Waals surface area contributed by atoms with Gasteiger partial charge in [-0.1, -0.05) is 0 Å². The topological polar surface area (TPSA) is 99.1 Å². The Kier molecular flexibility index (Phi) is 2.19. The molecule has 0 aliphatic carbocycles. The van der Waals surface area contributed by atoms with Crippen molar-refractivity contribution in [1.29, 1.82) is 0 Å². The second kappa shape index (κ2) is 3.44. The summed E-state index contributed by atoms with van der Waals surface area (Å²) >= 11 is 0. The first kappa shape index (κ1) is 11.5. The van der Waals surface area contributed by atoms with Gasteiger partial charge in [0, 0.05) is 0 Å². The molecular formula is C11H12O7. The lowest BCUT2D eigenvalue weighted by molar-refractivity contribution is -0.192. The molecule has 3 fully saturated rings. The second-order valence-electron chi connectivity index (χ2n) is 5.20. The van der Waals surface area contributed by atoms with Crippen molar-refractivity contribution in [3.63, 3.8) is 0 Å². The molecule has 3 bridgehead atoms. The van der Waals surface area contributed by atoms with Crippen molar-refractivity contribution in [2.75, 3.05) is 19.8 Å². The first-order chi connectivity index (χ1) is 8.45. The summed E-state index contributed by atoms with van der Waals surface area (Å²) in [5.74, 6) is -3.39. The predicted molar refractivity (Wildman–Crippen MR) is 53.0 cm³/mol. The first-order valence-electron chi connectivity index (χ1n) is 5.67. The number of carbonyl (C=O) groups is 3. The van der Waals surface area contributed by atoms with Crippen LogP contribution in [0.3, 0.4) is 0 Å². The Bertz CT molecular complexity index is 445. The SMILES string of the molecule is O=C1CC2(O)C(=O)OCC3(CO1)COC(=O)C2C3. The van der Waals surface area contributed by atoms with E-state index < -0.39 is 41.3 Å². The molecule has 3 aliphatic rings. The van der Waals surface area contributed by atoms with Gasteiger partial charge in [-0.3, -0.25) is 9.59 Å². The summed E-state index contributed by atoms with van der Waals surface area (Å²) in [6, 6.07) is 0. The zero-order valence-electron chi connectivity index (χ0n) is 9.51. The minimum atomic E-state index is -2.17. The monoisotopic (exact) mass is 256 g/mol. The van der Waals surface area contributed by atoms with E-state index in [1.54, 1.807) is 0 Å². The molecular weight excluding hydrogens is 244 g/mol. The standard InChI is InChI=1S/C11H12O7/c12-7-2-11(15)6-1-10(3-16-7,4-17-8(6)13)5-18-9(11)14/h6,15H,1-5H2. The fourth-order valence-corrected chi connectivity index (χ4v) is 2.69. The molecule has 3 rings (SSSR count). The molecule has 3 unspecified atom stereocenters. The Balaban J connectivity index is 2.12. The quantitative estimate of drug-likeness (QED) is 0.428. The molecule has 0 radical (unpaired) electrons. The molecule has 3 aliphatic heterocycles. The maximum absolute atomic E-state index is 11.8. The van der Waals surface area contributed by atoms with Gasteiger partial charge in [-0.25, -0.2) is 4.79 Å². The molecule has 3 saturated heterocycles. The Morgan fingerprint density at radius 1 is 1.06 bits per heavy atom. The van der Waals surface area contributed by atoms with Gasteiger partial charge in [-0.05, 0) is 6.42 Å². The summed E-state index contributed by atoms with van der Waals surface area (Å²) < 4.78 is 15.0. The average molecular weight is 256 g/mol. The number of esters is 3. The van der Waals surface area contributed by atoms with Crippen LogP contribution in [0.1, 0.15) is 12.8 Å². The Morgan fingerprint density at radius 2 is 1.72 bits per heavy atom. The van der Waals surface area contributed by atoms with E-state index in [0.717, 1.165) is 0 Å². The van der Waals surface area contributed by atoms with Gasteiger partial charge < -0.3 is 19.3 Å². The van der Waals surface area contributed by atoms with Crippen molar-refractivity contribution in [3.8, 4) is 0 Å². The van der Waals surface area contributed by atoms with Crippen LogP contribution in [-0.2, 0) is 28.6 Å². The molecule has 98 valence electrons. The predicted octanol–water partition coefficient (Wildman–Crippen LogP) is -1.23. The van der Waals surface area contributed by atoms with Crippen LogP contribution in [0.15, 0.2) is 0 Å². The third-order valence-corrected chi connectivity index (χ3v) is 3.83. The van der Waals surface area contributed by atoms with Crippen LogP contribution in [0.25, 0.3) is 0 Å². The summed E-state index contributed by atoms with van der Waals surface area (Å²) in [5, 5.41) is 10.3. The normalized spacial score (nSPS) is 43.2. The second-order valence-corrected chi connectivity index (χ2v) is 5.20. The summed E-state index contributed by atoms with van der Waals surface area (Å²) in [5.41, 5.74) is -2.90. The van der Waals surface area contributed by atoms with E-state index in [1.807, 2.05) is 0 Å². The molecule has 0 saturated carbocycles. The smallest absolute Gasteiger partial charge is 0.339 e. The lowest BCUT2D eigenvalue weighted by Gasteiger charge is -2.40. The minimum Gasteiger partial charge on any atom is -0.465 e. The molecule has 3 heterocycles. The number of hydrogen-bond donors (Lipinski definition) is 1. The van der Waals surface area contributed by atoms with E-state index >= 15 is 0 Å². The largest absolute Gasteiger partial charge is 0.465 e. The molecule has 7 nitrogen and oxygen atoms in total. The molecule has 3 atom stereocenters. The van der Waals surface area contributed by atoms with Crippen LogP contribution in [0, 0.1) is 11.3 Å². The minimum absolute atomic E-state index is 0.0226. The molecule has 0 aromatic heterocycles. The van der Waals surface area contributed by atoms with E-state index in [0.29, 0.717) is 0 Å². The number of hydrogen-bond acceptors (Lipinski definition) is 7. The Hall–Kier alpha value is -1.63. The highest BCUT2D eigenvalue weighted by Crippen LogP contribution is 2.44. The molecule has 7 heteroatoms. The molecule has 1 N–H and O–H groups in total. The summed E-state index contributed by atoms with van der Waals surface area (Å²) in [6.07, 6.45) is -0.358. The van der Waals surface area contributed by atoms with Gasteiger partial charge in [0.2, 0.25) is 0 Å². The summed E-state index contributed by atoms with van der Waals surface area (Å²) in [7, 11) is 0. The van der Waals surface area contributed by atoms with Crippen LogP contribution >= 0.6 is 0 Å². The van der Waals surface area contributed by atoms with Crippen LogP contribution in [0.4, 0.5) is 0 Å². The fourth-order valence-electron chi connectivity index (χ4n) is 2.69. The van der Waals surface area contributed by atoms with Gasteiger partial charge in [-0.2, -0.15) is 0 Å². The van der Waals surface area contributed by atoms with Crippen molar-refractivity contribution in [1.82, 2.24) is 0 Å². The Labute approximate surface area is 102 Å². The molecule has 0 aromatic rings. The van der Waals surface area contributed by atoms with Gasteiger partial charge in [0.1, 0.15) is 19.8 Å². The number of ether oxygens (including phenoxy) is 3. The molecule has 0 aromatic carbocycles. The van der Waals surface area contributed by atoms with Crippen molar-refractivity contribution in [2.45, 2.75) is 18.4 Å². The van der Waals surface area contributed by atoms with Gasteiger partial charge >= 0.3 is 17.9 Å². The molecule has 18 heavy (non-hydrogen) atoms. The lowest BCUT2D eigenvalue weighted by Crippen LogP contribution is -2.56. The number of aliphatic hydroxyl groups is 1. The summed E-state index contributed by atoms with van der Waals surface area (Å²) in [6.45, 7) is 0.0309. The lowest BCUT2D eigenvalue weighted by atomic mass is 9.71. The Morgan fingerprint density at radius 3 is 2.50 bits per heavy atom. The number of rotatable bonds is 0. The van der Waals surface area contributed by atoms with E-state index in [-0.39, 0.29) is 26.2 Å². The maximum Gasteiger partial charge on any atom is 0.339 e. The number of cyclic esters (lactones) is 3. The van der Waals surface area contributed by atoms with Crippen LogP contribution < -0.4 is 0 Å². The van der Waals surface area contributed by atoms with Crippen molar-refractivity contribution in [2.24, 2.45) is 11.3 Å². The summed E-state index contributed by atoms with van der Waals surface area (Å²) in [4.78, 5) is 35.1. The third-order valence-electron chi connectivity index (χ3n) is 3.83. The highest BCUT2D eigenvalue weighted by atomic mass is 16.6. The van der Waals surface area contributed by atoms with Crippen molar-refractivity contribution >= 4 is 17.9 Å². The van der Waals surface area contributed by atoms with Crippen molar-refractivity contribution < 1.29 is 33.7 Å². The van der Waals surface area contributed by atoms with E-state index in [9.17, 15) is 19.5 Å². The molecule has 0 amide bonds. The highest BCUT2D eigenvalue weighted by molar-refractivity contribution is 5.92.